The molecule has 4 aliphatic rings. The van der Waals surface area contributed by atoms with Crippen LogP contribution in [0.3, 0.4) is 0 Å². The number of hydrogen-bond acceptors (Lipinski definition) is 9. The molecule has 0 aromatic heterocycles. The highest BCUT2D eigenvalue weighted by atomic mass is 16.6. The summed E-state index contributed by atoms with van der Waals surface area (Å²) in [5.41, 5.74) is -0.0208. The lowest BCUT2D eigenvalue weighted by Gasteiger charge is -2.58. The van der Waals surface area contributed by atoms with Gasteiger partial charge in [0.15, 0.2) is 0 Å². The number of rotatable bonds is 10. The zero-order valence-corrected chi connectivity index (χ0v) is 22.6. The molecule has 0 unspecified atom stereocenters. The van der Waals surface area contributed by atoms with Crippen LogP contribution in [0.15, 0.2) is 47.6 Å². The van der Waals surface area contributed by atoms with Crippen LogP contribution in [0.5, 0.6) is 0 Å². The standard InChI is InChI=1S/C29H40O9/c1-18-9-11-28(16-35-26(34)14-19(2)10-12-30)23(13-18)37-24-15-22(27(28,4)29(24)17-36-29)38-25(33)8-6-5-7-21(32)20(3)31/h5-8,13-14,20-24,30-32H,9-12,15-17H2,1-4H3/b7-5+,8-6-,19-14+/t20-,21+,22-,23-,24-,27-,28-,29-/m1/s1. The van der Waals surface area contributed by atoms with Gasteiger partial charge in [-0.25, -0.2) is 9.59 Å². The molecule has 2 saturated heterocycles. The fourth-order valence-electron chi connectivity index (χ4n) is 6.48. The Hall–Kier alpha value is -2.30. The fourth-order valence-corrected chi connectivity index (χ4v) is 6.48. The smallest absolute Gasteiger partial charge is 0.331 e. The molecule has 0 radical (unpaired) electrons. The summed E-state index contributed by atoms with van der Waals surface area (Å²) in [5, 5.41) is 28.2. The summed E-state index contributed by atoms with van der Waals surface area (Å²) in [4.78, 5) is 25.5. The van der Waals surface area contributed by atoms with Crippen LogP contribution in [0.2, 0.25) is 0 Å². The van der Waals surface area contributed by atoms with Gasteiger partial charge in [0.05, 0.1) is 36.4 Å². The Labute approximate surface area is 223 Å². The molecule has 3 fully saturated rings. The van der Waals surface area contributed by atoms with Crippen LogP contribution < -0.4 is 0 Å². The molecule has 1 saturated carbocycles. The maximum Gasteiger partial charge on any atom is 0.331 e. The normalized spacial score (nSPS) is 37.7. The lowest BCUT2D eigenvalue weighted by molar-refractivity contribution is -0.232. The van der Waals surface area contributed by atoms with Crippen molar-refractivity contribution in [3.63, 3.8) is 0 Å². The molecule has 0 aromatic rings. The lowest BCUT2D eigenvalue weighted by Crippen LogP contribution is -2.66. The van der Waals surface area contributed by atoms with E-state index in [4.69, 9.17) is 24.1 Å². The zero-order chi connectivity index (χ0) is 27.7. The summed E-state index contributed by atoms with van der Waals surface area (Å²) >= 11 is 0. The SMILES string of the molecule is CC1=C[C@H]2O[C@@H]3C[C@@H](OC(=O)/C=C\C=C\[C@H](O)[C@@H](C)O)[C@](C)([C@@]2(COC(=O)/C=C(\C)CCO)CC1)[C@@]31CO1. The third-order valence-corrected chi connectivity index (χ3v) is 8.96. The van der Waals surface area contributed by atoms with E-state index in [2.05, 4.69) is 19.9 Å². The van der Waals surface area contributed by atoms with E-state index in [-0.39, 0.29) is 25.4 Å². The van der Waals surface area contributed by atoms with Crippen molar-refractivity contribution in [2.75, 3.05) is 19.8 Å². The summed E-state index contributed by atoms with van der Waals surface area (Å²) in [5.74, 6) is -1.02. The Morgan fingerprint density at radius 2 is 2.00 bits per heavy atom. The van der Waals surface area contributed by atoms with E-state index in [1.165, 1.54) is 42.9 Å². The molecule has 210 valence electrons. The number of hydrogen-bond donors (Lipinski definition) is 3. The molecular formula is C29H40O9. The van der Waals surface area contributed by atoms with E-state index in [0.29, 0.717) is 25.9 Å². The van der Waals surface area contributed by atoms with Crippen molar-refractivity contribution in [2.45, 2.75) is 89.5 Å². The summed E-state index contributed by atoms with van der Waals surface area (Å²) in [6, 6.07) is 0. The second-order valence-corrected chi connectivity index (χ2v) is 11.3. The van der Waals surface area contributed by atoms with Gasteiger partial charge < -0.3 is 34.3 Å². The number of carbonyl (C=O) groups is 2. The van der Waals surface area contributed by atoms with E-state index in [0.717, 1.165) is 12.0 Å². The second-order valence-electron chi connectivity index (χ2n) is 11.3. The Balaban J connectivity index is 1.58. The summed E-state index contributed by atoms with van der Waals surface area (Å²) in [7, 11) is 0. The summed E-state index contributed by atoms with van der Waals surface area (Å²) in [6.07, 6.45) is 8.43. The van der Waals surface area contributed by atoms with Gasteiger partial charge in [-0.3, -0.25) is 0 Å². The van der Waals surface area contributed by atoms with Crippen LogP contribution >= 0.6 is 0 Å². The third kappa shape index (κ3) is 5.02. The summed E-state index contributed by atoms with van der Waals surface area (Å²) in [6.45, 7) is 7.90. The van der Waals surface area contributed by atoms with Crippen molar-refractivity contribution >= 4 is 11.9 Å². The van der Waals surface area contributed by atoms with Crippen molar-refractivity contribution in [1.29, 1.82) is 0 Å². The predicted octanol–water partition coefficient (Wildman–Crippen LogP) is 2.30. The maximum atomic E-state index is 12.8. The molecule has 2 aliphatic heterocycles. The average Bonchev–Trinajstić information content (AvgIpc) is 3.63. The van der Waals surface area contributed by atoms with Crippen LogP contribution in [0, 0.1) is 10.8 Å². The molecule has 0 amide bonds. The molecule has 2 bridgehead atoms. The minimum Gasteiger partial charge on any atom is -0.462 e. The topological polar surface area (TPSA) is 135 Å². The molecule has 0 aromatic carbocycles. The van der Waals surface area contributed by atoms with Gasteiger partial charge in [0, 0.05) is 30.6 Å². The number of carbonyl (C=O) groups excluding carboxylic acids is 2. The lowest BCUT2D eigenvalue weighted by atomic mass is 9.51. The number of ether oxygens (including phenoxy) is 4. The minimum atomic E-state index is -1.03. The fraction of sp³-hybridized carbons (Fsp3) is 0.655. The van der Waals surface area contributed by atoms with Crippen LogP contribution in [0.25, 0.3) is 0 Å². The van der Waals surface area contributed by atoms with E-state index < -0.39 is 46.7 Å². The van der Waals surface area contributed by atoms with Gasteiger partial charge in [-0.05, 0) is 40.0 Å². The van der Waals surface area contributed by atoms with Crippen molar-refractivity contribution in [2.24, 2.45) is 10.8 Å². The highest BCUT2D eigenvalue weighted by Crippen LogP contribution is 2.72. The first-order valence-corrected chi connectivity index (χ1v) is 13.3. The third-order valence-electron chi connectivity index (χ3n) is 8.96. The molecule has 3 N–H and O–H groups in total. The minimum absolute atomic E-state index is 0.0444. The molecular weight excluding hydrogens is 492 g/mol. The first-order valence-electron chi connectivity index (χ1n) is 13.3. The van der Waals surface area contributed by atoms with Crippen LogP contribution in [0.4, 0.5) is 0 Å². The molecule has 8 atom stereocenters. The monoisotopic (exact) mass is 532 g/mol. The average molecular weight is 533 g/mol. The van der Waals surface area contributed by atoms with Gasteiger partial charge in [-0.15, -0.1) is 0 Å². The molecule has 4 rings (SSSR count). The zero-order valence-electron chi connectivity index (χ0n) is 22.6. The molecule has 9 nitrogen and oxygen atoms in total. The Bertz CT molecular complexity index is 1040. The van der Waals surface area contributed by atoms with Gasteiger partial charge in [0.2, 0.25) is 0 Å². The van der Waals surface area contributed by atoms with Crippen LogP contribution in [0.1, 0.15) is 53.4 Å². The molecule has 2 heterocycles. The molecule has 2 aliphatic carbocycles. The number of aliphatic hydroxyl groups excluding tert-OH is 3. The first-order chi connectivity index (χ1) is 18.0. The summed E-state index contributed by atoms with van der Waals surface area (Å²) < 4.78 is 24.6. The van der Waals surface area contributed by atoms with Crippen molar-refractivity contribution in [3.8, 4) is 0 Å². The number of aliphatic hydroxyl groups is 3. The number of allylic oxidation sites excluding steroid dienone is 3. The number of esters is 2. The van der Waals surface area contributed by atoms with Crippen molar-refractivity contribution in [1.82, 2.24) is 0 Å². The first kappa shape index (κ1) is 28.7. The highest BCUT2D eigenvalue weighted by Gasteiger charge is 2.83. The Morgan fingerprint density at radius 3 is 2.66 bits per heavy atom. The Morgan fingerprint density at radius 1 is 1.26 bits per heavy atom. The van der Waals surface area contributed by atoms with E-state index >= 15 is 0 Å². The van der Waals surface area contributed by atoms with Crippen LogP contribution in [-0.2, 0) is 28.5 Å². The van der Waals surface area contributed by atoms with Gasteiger partial charge in [-0.2, -0.15) is 0 Å². The molecule has 1 spiro atoms. The van der Waals surface area contributed by atoms with E-state index in [9.17, 15) is 19.8 Å². The number of fused-ring (bicyclic) bond motifs is 2. The van der Waals surface area contributed by atoms with E-state index in [1.54, 1.807) is 6.92 Å². The second kappa shape index (κ2) is 11.1. The van der Waals surface area contributed by atoms with Gasteiger partial charge in [0.1, 0.15) is 18.3 Å². The quantitative estimate of drug-likeness (QED) is 0.127. The van der Waals surface area contributed by atoms with Crippen molar-refractivity contribution < 1.29 is 43.9 Å². The molecule has 38 heavy (non-hydrogen) atoms. The predicted molar refractivity (Wildman–Crippen MR) is 138 cm³/mol. The van der Waals surface area contributed by atoms with E-state index in [1.807, 2.05) is 0 Å². The largest absolute Gasteiger partial charge is 0.462 e. The van der Waals surface area contributed by atoms with Crippen LogP contribution in [-0.4, -0.2) is 83.2 Å². The molecule has 9 heteroatoms. The van der Waals surface area contributed by atoms with Gasteiger partial charge in [0.25, 0.3) is 0 Å². The van der Waals surface area contributed by atoms with Crippen molar-refractivity contribution in [3.05, 3.63) is 47.6 Å². The highest BCUT2D eigenvalue weighted by molar-refractivity contribution is 5.83. The van der Waals surface area contributed by atoms with Gasteiger partial charge >= 0.3 is 11.9 Å². The Kier molecular flexibility index (Phi) is 8.35. The maximum absolute atomic E-state index is 12.8. The van der Waals surface area contributed by atoms with Gasteiger partial charge in [-0.1, -0.05) is 42.4 Å². The number of epoxide rings is 1.